The Morgan fingerprint density at radius 3 is 2.03 bits per heavy atom. The number of nitrogens with zero attached hydrogens (tertiary/aromatic N) is 1. The first-order valence-corrected chi connectivity index (χ1v) is 10.6. The average Bonchev–Trinajstić information content (AvgIpc) is 2.44. The summed E-state index contributed by atoms with van der Waals surface area (Å²) in [6, 6.07) is 0. The second kappa shape index (κ2) is 9.75. The number of esters is 1. The van der Waals surface area contributed by atoms with Crippen LogP contribution in [0.1, 0.15) is 73.1 Å². The third kappa shape index (κ3) is 10.4. The molecule has 0 radical (unpaired) electrons. The van der Waals surface area contributed by atoms with Gasteiger partial charge in [-0.2, -0.15) is 0 Å². The number of carbonyl (C=O) groups is 2. The molecule has 29 heavy (non-hydrogen) atoms. The van der Waals surface area contributed by atoms with Crippen LogP contribution in [0.4, 0.5) is 0 Å². The van der Waals surface area contributed by atoms with Crippen LogP contribution in [0.25, 0.3) is 0 Å². The molecule has 7 nitrogen and oxygen atoms in total. The molecule has 0 aromatic heterocycles. The molecule has 2 N–H and O–H groups in total. The van der Waals surface area contributed by atoms with E-state index in [0.29, 0.717) is 17.4 Å². The minimum absolute atomic E-state index is 0.0440. The highest BCUT2D eigenvalue weighted by Crippen LogP contribution is 2.49. The summed E-state index contributed by atoms with van der Waals surface area (Å²) in [5.74, 6) is -0.509. The molecular weight excluding hydrogens is 372 g/mol. The highest BCUT2D eigenvalue weighted by molar-refractivity contribution is 5.81. The number of hydrogen-bond acceptors (Lipinski definition) is 5. The quantitative estimate of drug-likeness (QED) is 0.247. The van der Waals surface area contributed by atoms with Gasteiger partial charge in [0.05, 0.1) is 34.2 Å². The number of amides is 1. The van der Waals surface area contributed by atoms with Crippen molar-refractivity contribution < 1.29 is 29.0 Å². The summed E-state index contributed by atoms with van der Waals surface area (Å²) >= 11 is 0. The molecule has 1 aliphatic carbocycles. The molecule has 0 saturated heterocycles. The molecule has 0 bridgehead atoms. The minimum atomic E-state index is -0.397. The predicted molar refractivity (Wildman–Crippen MR) is 113 cm³/mol. The van der Waals surface area contributed by atoms with Crippen molar-refractivity contribution in [2.45, 2.75) is 84.8 Å². The molecule has 1 saturated carbocycles. The molecule has 1 rings (SSSR count). The van der Waals surface area contributed by atoms with E-state index < -0.39 is 5.97 Å². The third-order valence-corrected chi connectivity index (χ3v) is 5.27. The molecule has 0 aromatic rings. The summed E-state index contributed by atoms with van der Waals surface area (Å²) in [7, 11) is 6.01. The highest BCUT2D eigenvalue weighted by atomic mass is 17.1. The fraction of sp³-hybridized carbons (Fsp3) is 0.909. The SMILES string of the molecule is CC1(C)CC(C)(C)CC(C)(NC(=O)CCC(=O)O[C@H](CCOO)C[N+](C)(C)C)C1. The first-order chi connectivity index (χ1) is 13.0. The summed E-state index contributed by atoms with van der Waals surface area (Å²) in [6.07, 6.45) is 3.18. The second-order valence-electron chi connectivity index (χ2n) is 11.7. The first kappa shape index (κ1) is 25.9. The average molecular weight is 416 g/mol. The van der Waals surface area contributed by atoms with Crippen LogP contribution in [0, 0.1) is 10.8 Å². The Bertz CT molecular complexity index is 550. The van der Waals surface area contributed by atoms with Gasteiger partial charge >= 0.3 is 5.97 Å². The van der Waals surface area contributed by atoms with Crippen LogP contribution in [0.2, 0.25) is 0 Å². The first-order valence-electron chi connectivity index (χ1n) is 10.6. The normalized spacial score (nSPS) is 21.3. The van der Waals surface area contributed by atoms with Crippen molar-refractivity contribution in [3.05, 3.63) is 0 Å². The monoisotopic (exact) mass is 415 g/mol. The lowest BCUT2D eigenvalue weighted by atomic mass is 9.59. The van der Waals surface area contributed by atoms with Crippen LogP contribution in [0.15, 0.2) is 0 Å². The maximum Gasteiger partial charge on any atom is 0.306 e. The Balaban J connectivity index is 2.56. The van der Waals surface area contributed by atoms with Crippen molar-refractivity contribution in [3.8, 4) is 0 Å². The molecule has 1 atom stereocenters. The molecule has 0 aliphatic heterocycles. The smallest absolute Gasteiger partial charge is 0.306 e. The second-order valence-corrected chi connectivity index (χ2v) is 11.7. The highest BCUT2D eigenvalue weighted by Gasteiger charge is 2.45. The summed E-state index contributed by atoms with van der Waals surface area (Å²) in [5, 5.41) is 11.8. The summed E-state index contributed by atoms with van der Waals surface area (Å²) in [5.41, 5.74) is 0.0583. The molecule has 0 spiro atoms. The Morgan fingerprint density at radius 2 is 1.55 bits per heavy atom. The van der Waals surface area contributed by atoms with E-state index in [2.05, 4.69) is 44.8 Å². The summed E-state index contributed by atoms with van der Waals surface area (Å²) < 4.78 is 6.15. The molecule has 170 valence electrons. The van der Waals surface area contributed by atoms with Gasteiger partial charge in [0.2, 0.25) is 5.91 Å². The number of likely N-dealkylation sites (N-methyl/N-ethyl adjacent to an activating group) is 1. The van der Waals surface area contributed by atoms with Crippen LogP contribution >= 0.6 is 0 Å². The van der Waals surface area contributed by atoms with Crippen molar-refractivity contribution in [3.63, 3.8) is 0 Å². The maximum absolute atomic E-state index is 12.6. The van der Waals surface area contributed by atoms with E-state index in [-0.39, 0.29) is 47.8 Å². The van der Waals surface area contributed by atoms with Gasteiger partial charge in [-0.1, -0.05) is 27.7 Å². The van der Waals surface area contributed by atoms with E-state index >= 15 is 0 Å². The molecule has 0 aromatic carbocycles. The molecule has 7 heteroatoms. The third-order valence-electron chi connectivity index (χ3n) is 5.27. The predicted octanol–water partition coefficient (Wildman–Crippen LogP) is 3.38. The largest absolute Gasteiger partial charge is 0.456 e. The van der Waals surface area contributed by atoms with Crippen LogP contribution in [-0.2, 0) is 19.2 Å². The lowest BCUT2D eigenvalue weighted by Gasteiger charge is -2.51. The van der Waals surface area contributed by atoms with Gasteiger partial charge in [-0.15, -0.1) is 0 Å². The number of hydrogen-bond donors (Lipinski definition) is 2. The molecular formula is C22H43N2O5+. The van der Waals surface area contributed by atoms with Crippen molar-refractivity contribution in [2.75, 3.05) is 34.3 Å². The Hall–Kier alpha value is -1.18. The number of quaternary nitrogens is 1. The van der Waals surface area contributed by atoms with E-state index in [4.69, 9.17) is 9.99 Å². The fourth-order valence-electron chi connectivity index (χ4n) is 5.53. The van der Waals surface area contributed by atoms with E-state index in [0.717, 1.165) is 19.3 Å². The zero-order chi connectivity index (χ0) is 22.5. The van der Waals surface area contributed by atoms with Gasteiger partial charge in [0, 0.05) is 18.4 Å². The van der Waals surface area contributed by atoms with Crippen LogP contribution < -0.4 is 5.32 Å². The van der Waals surface area contributed by atoms with Gasteiger partial charge in [0.15, 0.2) is 6.10 Å². The van der Waals surface area contributed by atoms with Crippen molar-refractivity contribution in [2.24, 2.45) is 10.8 Å². The maximum atomic E-state index is 12.6. The van der Waals surface area contributed by atoms with Gasteiger partial charge < -0.3 is 14.5 Å². The number of nitrogens with one attached hydrogen (secondary N) is 1. The van der Waals surface area contributed by atoms with Gasteiger partial charge in [0.25, 0.3) is 0 Å². The molecule has 1 amide bonds. The van der Waals surface area contributed by atoms with E-state index in [9.17, 15) is 9.59 Å². The van der Waals surface area contributed by atoms with E-state index in [1.807, 2.05) is 21.1 Å². The zero-order valence-electron chi connectivity index (χ0n) is 19.8. The van der Waals surface area contributed by atoms with E-state index in [1.165, 1.54) is 0 Å². The molecule has 0 heterocycles. The van der Waals surface area contributed by atoms with Gasteiger partial charge in [-0.05, 0) is 37.0 Å². The molecule has 0 unspecified atom stereocenters. The van der Waals surface area contributed by atoms with Crippen LogP contribution in [0.5, 0.6) is 0 Å². The van der Waals surface area contributed by atoms with Crippen molar-refractivity contribution >= 4 is 11.9 Å². The Morgan fingerprint density at radius 1 is 1.00 bits per heavy atom. The lowest BCUT2D eigenvalue weighted by Crippen LogP contribution is -2.54. The van der Waals surface area contributed by atoms with Crippen molar-refractivity contribution in [1.29, 1.82) is 0 Å². The zero-order valence-corrected chi connectivity index (χ0v) is 19.8. The lowest BCUT2D eigenvalue weighted by molar-refractivity contribution is -0.873. The summed E-state index contributed by atoms with van der Waals surface area (Å²) in [6.45, 7) is 11.8. The van der Waals surface area contributed by atoms with Crippen LogP contribution in [-0.4, -0.2) is 67.6 Å². The van der Waals surface area contributed by atoms with Crippen LogP contribution in [0.3, 0.4) is 0 Å². The Labute approximate surface area is 176 Å². The molecule has 1 fully saturated rings. The molecule has 1 aliphatic rings. The van der Waals surface area contributed by atoms with Crippen molar-refractivity contribution in [1.82, 2.24) is 5.32 Å². The topological polar surface area (TPSA) is 84.9 Å². The van der Waals surface area contributed by atoms with E-state index in [1.54, 1.807) is 0 Å². The van der Waals surface area contributed by atoms with Gasteiger partial charge in [-0.3, -0.25) is 14.8 Å². The van der Waals surface area contributed by atoms with Gasteiger partial charge in [-0.25, -0.2) is 4.89 Å². The Kier molecular flexibility index (Phi) is 8.69. The standard InChI is InChI=1S/C22H42N2O5/c1-20(2)14-21(3,4)16-22(5,15-20)23-18(25)9-10-19(26)29-17(11-12-28-27)13-24(6,7)8/h17H,9-16H2,1-8H3,(H-,23,25,27)/p+1/t17-/m1/s1. The number of ether oxygens (including phenoxy) is 1. The number of rotatable bonds is 10. The minimum Gasteiger partial charge on any atom is -0.456 e. The summed E-state index contributed by atoms with van der Waals surface area (Å²) in [4.78, 5) is 29.0. The van der Waals surface area contributed by atoms with Gasteiger partial charge in [0.1, 0.15) is 6.54 Å². The number of carbonyl (C=O) groups excluding carboxylic acids is 2. The fourth-order valence-corrected chi connectivity index (χ4v) is 5.53.